The molecule has 8 nitrogen and oxygen atoms in total. The Labute approximate surface area is 200 Å². The Balaban J connectivity index is 1.50. The Morgan fingerprint density at radius 1 is 0.857 bits per heavy atom. The molecule has 0 bridgehead atoms. The highest BCUT2D eigenvalue weighted by atomic mass is 16.5. The summed E-state index contributed by atoms with van der Waals surface area (Å²) in [6, 6.07) is 21.7. The van der Waals surface area contributed by atoms with Crippen LogP contribution in [0.25, 0.3) is 21.8 Å². The van der Waals surface area contributed by atoms with Crippen LogP contribution >= 0.6 is 0 Å². The molecule has 0 fully saturated rings. The maximum absolute atomic E-state index is 12.7. The topological polar surface area (TPSA) is 105 Å². The molecule has 5 aromatic rings. The van der Waals surface area contributed by atoms with E-state index < -0.39 is 0 Å². The highest BCUT2D eigenvalue weighted by Gasteiger charge is 2.15. The number of hydrogen-bond donors (Lipinski definition) is 3. The number of H-pyrrole nitrogens is 1. The number of nitrogens with zero attached hydrogens (tertiary/aromatic N) is 1. The first-order chi connectivity index (χ1) is 17.1. The largest absolute Gasteiger partial charge is 0.493 e. The van der Waals surface area contributed by atoms with Crippen molar-refractivity contribution in [1.82, 2.24) is 9.97 Å². The van der Waals surface area contributed by atoms with Crippen molar-refractivity contribution in [2.24, 2.45) is 0 Å². The van der Waals surface area contributed by atoms with Gasteiger partial charge in [-0.25, -0.2) is 4.98 Å². The van der Waals surface area contributed by atoms with Gasteiger partial charge in [-0.15, -0.1) is 0 Å². The molecule has 8 heteroatoms. The number of carbonyl (C=O) groups excluding carboxylic acids is 1. The fourth-order valence-electron chi connectivity index (χ4n) is 3.97. The number of rotatable bonds is 6. The lowest BCUT2D eigenvalue weighted by Gasteiger charge is -2.14. The van der Waals surface area contributed by atoms with Crippen LogP contribution in [0.4, 0.5) is 17.1 Å². The van der Waals surface area contributed by atoms with Crippen molar-refractivity contribution in [3.8, 4) is 11.5 Å². The molecular weight excluding hydrogens is 444 g/mol. The zero-order valence-electron chi connectivity index (χ0n) is 19.1. The molecule has 0 radical (unpaired) electrons. The van der Waals surface area contributed by atoms with E-state index in [4.69, 9.17) is 9.47 Å². The van der Waals surface area contributed by atoms with E-state index >= 15 is 0 Å². The average Bonchev–Trinajstić information content (AvgIpc) is 2.89. The molecule has 0 aliphatic heterocycles. The van der Waals surface area contributed by atoms with Gasteiger partial charge >= 0.3 is 0 Å². The van der Waals surface area contributed by atoms with Crippen LogP contribution in [0, 0.1) is 0 Å². The van der Waals surface area contributed by atoms with Crippen LogP contribution in [0.3, 0.4) is 0 Å². The number of aromatic nitrogens is 2. The summed E-state index contributed by atoms with van der Waals surface area (Å²) in [5.41, 5.74) is 3.00. The lowest BCUT2D eigenvalue weighted by Crippen LogP contribution is -2.11. The molecule has 1 amide bonds. The molecule has 2 heterocycles. The third-order valence-corrected chi connectivity index (χ3v) is 5.68. The molecule has 0 aliphatic carbocycles. The van der Waals surface area contributed by atoms with Crippen LogP contribution in [0.2, 0.25) is 0 Å². The predicted octanol–water partition coefficient (Wildman–Crippen LogP) is 5.09. The van der Waals surface area contributed by atoms with Crippen LogP contribution in [-0.2, 0) is 0 Å². The van der Waals surface area contributed by atoms with Gasteiger partial charge in [-0.3, -0.25) is 9.59 Å². The van der Waals surface area contributed by atoms with Gasteiger partial charge in [-0.2, -0.15) is 0 Å². The Morgan fingerprint density at radius 2 is 1.51 bits per heavy atom. The van der Waals surface area contributed by atoms with Crippen LogP contribution in [-0.4, -0.2) is 30.1 Å². The fraction of sp³-hybridized carbons (Fsp3) is 0.0741. The zero-order valence-corrected chi connectivity index (χ0v) is 19.1. The second kappa shape index (κ2) is 9.18. The summed E-state index contributed by atoms with van der Waals surface area (Å²) in [7, 11) is 3.08. The zero-order chi connectivity index (χ0) is 24.4. The molecule has 0 saturated carbocycles. The second-order valence-corrected chi connectivity index (χ2v) is 7.81. The maximum Gasteiger partial charge on any atom is 0.257 e. The number of nitrogens with one attached hydrogen (secondary N) is 3. The lowest BCUT2D eigenvalue weighted by molar-refractivity contribution is 0.102. The molecule has 35 heavy (non-hydrogen) atoms. The summed E-state index contributed by atoms with van der Waals surface area (Å²) in [4.78, 5) is 32.3. The first-order valence-corrected chi connectivity index (χ1v) is 10.9. The van der Waals surface area contributed by atoms with Crippen molar-refractivity contribution in [2.45, 2.75) is 0 Å². The van der Waals surface area contributed by atoms with E-state index in [0.29, 0.717) is 39.2 Å². The van der Waals surface area contributed by atoms with E-state index in [1.54, 1.807) is 37.6 Å². The van der Waals surface area contributed by atoms with Crippen molar-refractivity contribution in [3.05, 3.63) is 94.9 Å². The third-order valence-electron chi connectivity index (χ3n) is 5.68. The highest BCUT2D eigenvalue weighted by molar-refractivity contribution is 6.12. The van der Waals surface area contributed by atoms with Gasteiger partial charge in [-0.1, -0.05) is 18.2 Å². The minimum Gasteiger partial charge on any atom is -0.493 e. The van der Waals surface area contributed by atoms with Crippen molar-refractivity contribution in [3.63, 3.8) is 0 Å². The second-order valence-electron chi connectivity index (χ2n) is 7.81. The first-order valence-electron chi connectivity index (χ1n) is 10.9. The van der Waals surface area contributed by atoms with Gasteiger partial charge in [0.15, 0.2) is 11.5 Å². The van der Waals surface area contributed by atoms with Crippen molar-refractivity contribution in [1.29, 1.82) is 0 Å². The number of benzene rings is 3. The molecule has 174 valence electrons. The molecule has 0 saturated heterocycles. The van der Waals surface area contributed by atoms with E-state index in [9.17, 15) is 9.59 Å². The van der Waals surface area contributed by atoms with E-state index in [0.717, 1.165) is 16.8 Å². The fourth-order valence-corrected chi connectivity index (χ4v) is 3.97. The highest BCUT2D eigenvalue weighted by Crippen LogP contribution is 2.36. The number of ether oxygens (including phenoxy) is 2. The molecule has 0 aliphatic rings. The number of aromatic amines is 1. The Hall–Kier alpha value is -4.85. The van der Waals surface area contributed by atoms with Crippen LogP contribution < -0.4 is 25.7 Å². The molecule has 5 rings (SSSR count). The van der Waals surface area contributed by atoms with Gasteiger partial charge in [0.2, 0.25) is 0 Å². The van der Waals surface area contributed by atoms with Gasteiger partial charge in [-0.05, 0) is 54.6 Å². The number of amides is 1. The number of fused-ring (bicyclic) bond motifs is 3. The van der Waals surface area contributed by atoms with E-state index in [1.165, 1.54) is 7.11 Å². The monoisotopic (exact) mass is 466 g/mol. The van der Waals surface area contributed by atoms with E-state index in [2.05, 4.69) is 20.6 Å². The number of anilines is 3. The average molecular weight is 466 g/mol. The first kappa shape index (κ1) is 22.0. The van der Waals surface area contributed by atoms with E-state index in [1.807, 2.05) is 48.5 Å². The predicted molar refractivity (Wildman–Crippen MR) is 137 cm³/mol. The van der Waals surface area contributed by atoms with E-state index in [-0.39, 0.29) is 11.5 Å². The summed E-state index contributed by atoms with van der Waals surface area (Å²) in [5, 5.41) is 8.17. The number of methoxy groups -OCH3 is 2. The van der Waals surface area contributed by atoms with Gasteiger partial charge in [0.25, 0.3) is 11.5 Å². The molecule has 2 aromatic heterocycles. The van der Waals surface area contributed by atoms with Crippen LogP contribution in [0.15, 0.2) is 83.8 Å². The molecule has 0 unspecified atom stereocenters. The van der Waals surface area contributed by atoms with Crippen molar-refractivity contribution < 1.29 is 14.3 Å². The third kappa shape index (κ3) is 4.24. The SMILES string of the molecule is COc1cc2c(=O)[nH]c3nccc(Nc4ccc(NC(=O)c5ccccc5)cc4)c3c2cc1OC. The van der Waals surface area contributed by atoms with Gasteiger partial charge < -0.3 is 25.1 Å². The van der Waals surface area contributed by atoms with Gasteiger partial charge in [0, 0.05) is 33.9 Å². The van der Waals surface area contributed by atoms with Crippen LogP contribution in [0.5, 0.6) is 11.5 Å². The summed E-state index contributed by atoms with van der Waals surface area (Å²) >= 11 is 0. The summed E-state index contributed by atoms with van der Waals surface area (Å²) in [5.74, 6) is 0.808. The Kier molecular flexibility index (Phi) is 5.76. The Bertz CT molecular complexity index is 1600. The number of carbonyl (C=O) groups is 1. The minimum absolute atomic E-state index is 0.175. The number of hydrogen-bond acceptors (Lipinski definition) is 6. The van der Waals surface area contributed by atoms with Crippen molar-refractivity contribution >= 4 is 44.8 Å². The molecule has 0 spiro atoms. The minimum atomic E-state index is -0.267. The molecule has 3 N–H and O–H groups in total. The standard InChI is InChI=1S/C27H22N4O4/c1-34-22-14-19-20(15-23(22)35-2)27(33)31-25-24(19)21(12-13-28-25)29-17-8-10-18(11-9-17)30-26(32)16-6-4-3-5-7-16/h3-15H,1-2H3,(H,30,32)(H2,28,29,31,33). The smallest absolute Gasteiger partial charge is 0.257 e. The van der Waals surface area contributed by atoms with Gasteiger partial charge in [0.05, 0.1) is 25.3 Å². The Morgan fingerprint density at radius 3 is 2.20 bits per heavy atom. The van der Waals surface area contributed by atoms with Crippen LogP contribution in [0.1, 0.15) is 10.4 Å². The van der Waals surface area contributed by atoms with Crippen molar-refractivity contribution in [2.75, 3.05) is 24.9 Å². The molecule has 0 atom stereocenters. The maximum atomic E-state index is 12.7. The summed E-state index contributed by atoms with van der Waals surface area (Å²) in [6.07, 6.45) is 1.63. The lowest BCUT2D eigenvalue weighted by atomic mass is 10.1. The van der Waals surface area contributed by atoms with Gasteiger partial charge in [0.1, 0.15) is 5.65 Å². The summed E-state index contributed by atoms with van der Waals surface area (Å²) in [6.45, 7) is 0. The molecular formula is C27H22N4O4. The molecule has 3 aromatic carbocycles. The number of pyridine rings is 2. The quantitative estimate of drug-likeness (QED) is 0.301. The normalized spacial score (nSPS) is 10.8. The summed E-state index contributed by atoms with van der Waals surface area (Å²) < 4.78 is 10.8.